The van der Waals surface area contributed by atoms with Crippen molar-refractivity contribution < 1.29 is 4.39 Å². The summed E-state index contributed by atoms with van der Waals surface area (Å²) in [5, 5.41) is 0. The Morgan fingerprint density at radius 3 is 2.50 bits per heavy atom. The van der Waals surface area contributed by atoms with E-state index in [1.54, 1.807) is 0 Å². The van der Waals surface area contributed by atoms with E-state index in [4.69, 9.17) is 5.84 Å². The van der Waals surface area contributed by atoms with Crippen molar-refractivity contribution in [3.8, 4) is 0 Å². The highest BCUT2D eigenvalue weighted by Gasteiger charge is 2.19. The molecule has 0 heterocycles. The van der Waals surface area contributed by atoms with Crippen molar-refractivity contribution in [2.75, 3.05) is 0 Å². The maximum atomic E-state index is 13.1. The Labute approximate surface area is 130 Å². The molecule has 1 aromatic rings. The summed E-state index contributed by atoms with van der Waals surface area (Å²) in [5.74, 6) is 6.04. The van der Waals surface area contributed by atoms with Crippen molar-refractivity contribution in [3.63, 3.8) is 0 Å². The first kappa shape index (κ1) is 17.6. The Morgan fingerprint density at radius 1 is 1.35 bits per heavy atom. The fourth-order valence-corrected chi connectivity index (χ4v) is 3.29. The lowest BCUT2D eigenvalue weighted by Gasteiger charge is -2.26. The summed E-state index contributed by atoms with van der Waals surface area (Å²) in [6.07, 6.45) is 2.97. The Hall–Kier alpha value is -0.450. The van der Waals surface area contributed by atoms with Crippen LogP contribution in [-0.4, -0.2) is 6.04 Å². The zero-order valence-electron chi connectivity index (χ0n) is 12.8. The van der Waals surface area contributed by atoms with Crippen LogP contribution in [0.3, 0.4) is 0 Å². The van der Waals surface area contributed by atoms with Crippen molar-refractivity contribution in [2.24, 2.45) is 17.2 Å². The molecule has 0 saturated carbocycles. The van der Waals surface area contributed by atoms with Crippen LogP contribution >= 0.6 is 15.9 Å². The first-order chi connectivity index (χ1) is 9.21. The zero-order chi connectivity index (χ0) is 15.3. The molecule has 1 rings (SSSR count). The van der Waals surface area contributed by atoms with Gasteiger partial charge in [-0.25, -0.2) is 4.39 Å². The zero-order valence-corrected chi connectivity index (χ0v) is 14.4. The summed E-state index contributed by atoms with van der Waals surface area (Å²) < 4.78 is 13.9. The second-order valence-corrected chi connectivity index (χ2v) is 7.76. The monoisotopic (exact) mass is 344 g/mol. The molecular weight excluding hydrogens is 319 g/mol. The first-order valence-electron chi connectivity index (χ1n) is 7.11. The predicted molar refractivity (Wildman–Crippen MR) is 86.8 cm³/mol. The lowest BCUT2D eigenvalue weighted by Crippen LogP contribution is -2.38. The number of nitrogens with two attached hydrogens (primary N) is 1. The van der Waals surface area contributed by atoms with Gasteiger partial charge in [0.15, 0.2) is 0 Å². The molecule has 2 nitrogen and oxygen atoms in total. The SMILES string of the molecule is CC(CC(Cc1ccc(F)cc1Br)NN)CC(C)(C)C. The van der Waals surface area contributed by atoms with E-state index in [2.05, 4.69) is 49.1 Å². The average molecular weight is 345 g/mol. The van der Waals surface area contributed by atoms with Crippen LogP contribution in [0.4, 0.5) is 4.39 Å². The van der Waals surface area contributed by atoms with Crippen LogP contribution in [0, 0.1) is 17.2 Å². The number of halogens is 2. The topological polar surface area (TPSA) is 38.0 Å². The molecule has 20 heavy (non-hydrogen) atoms. The summed E-state index contributed by atoms with van der Waals surface area (Å²) in [5.41, 5.74) is 4.30. The minimum Gasteiger partial charge on any atom is -0.271 e. The van der Waals surface area contributed by atoms with Crippen LogP contribution < -0.4 is 11.3 Å². The minimum absolute atomic E-state index is 0.203. The highest BCUT2D eigenvalue weighted by Crippen LogP contribution is 2.28. The maximum absolute atomic E-state index is 13.1. The number of hydrazine groups is 1. The molecule has 1 aromatic carbocycles. The van der Waals surface area contributed by atoms with Gasteiger partial charge in [0.2, 0.25) is 0 Å². The van der Waals surface area contributed by atoms with Crippen LogP contribution in [-0.2, 0) is 6.42 Å². The lowest BCUT2D eigenvalue weighted by atomic mass is 9.82. The van der Waals surface area contributed by atoms with E-state index in [9.17, 15) is 4.39 Å². The van der Waals surface area contributed by atoms with Gasteiger partial charge in [-0.2, -0.15) is 0 Å². The van der Waals surface area contributed by atoms with Crippen LogP contribution in [0.5, 0.6) is 0 Å². The fourth-order valence-electron chi connectivity index (χ4n) is 2.78. The molecule has 0 radical (unpaired) electrons. The maximum Gasteiger partial charge on any atom is 0.124 e. The van der Waals surface area contributed by atoms with Crippen molar-refractivity contribution in [1.82, 2.24) is 5.43 Å². The molecule has 2 unspecified atom stereocenters. The molecule has 0 spiro atoms. The van der Waals surface area contributed by atoms with Gasteiger partial charge in [0.05, 0.1) is 0 Å². The number of hydrogen-bond acceptors (Lipinski definition) is 2. The molecule has 4 heteroatoms. The first-order valence-corrected chi connectivity index (χ1v) is 7.90. The highest BCUT2D eigenvalue weighted by molar-refractivity contribution is 9.10. The van der Waals surface area contributed by atoms with Gasteiger partial charge in [0, 0.05) is 10.5 Å². The Balaban J connectivity index is 2.63. The standard InChI is InChI=1S/C16H26BrFN2/c1-11(10-16(2,3)4)7-14(20-19)8-12-5-6-13(18)9-15(12)17/h5-6,9,11,14,20H,7-8,10,19H2,1-4H3. The second kappa shape index (κ2) is 7.53. The van der Waals surface area contributed by atoms with E-state index in [1.807, 2.05) is 6.07 Å². The molecule has 0 saturated heterocycles. The third-order valence-corrected chi connectivity index (χ3v) is 4.10. The Kier molecular flexibility index (Phi) is 6.62. The predicted octanol–water partition coefficient (Wildman–Crippen LogP) is 4.43. The van der Waals surface area contributed by atoms with E-state index in [0.29, 0.717) is 11.3 Å². The largest absolute Gasteiger partial charge is 0.271 e. The van der Waals surface area contributed by atoms with Crippen LogP contribution in [0.15, 0.2) is 22.7 Å². The molecule has 0 aliphatic carbocycles. The summed E-state index contributed by atoms with van der Waals surface area (Å²) in [4.78, 5) is 0. The molecule has 114 valence electrons. The normalized spacial score (nSPS) is 15.2. The van der Waals surface area contributed by atoms with Gasteiger partial charge >= 0.3 is 0 Å². The number of nitrogens with one attached hydrogen (secondary N) is 1. The summed E-state index contributed by atoms with van der Waals surface area (Å²) in [6.45, 7) is 9.02. The van der Waals surface area contributed by atoms with Gasteiger partial charge in [-0.05, 0) is 48.3 Å². The van der Waals surface area contributed by atoms with Gasteiger partial charge in [-0.1, -0.05) is 49.7 Å². The average Bonchev–Trinajstić information content (AvgIpc) is 2.29. The van der Waals surface area contributed by atoms with E-state index >= 15 is 0 Å². The van der Waals surface area contributed by atoms with E-state index in [-0.39, 0.29) is 11.9 Å². The van der Waals surface area contributed by atoms with E-state index in [1.165, 1.54) is 12.1 Å². The quantitative estimate of drug-likeness (QED) is 0.591. The molecule has 0 bridgehead atoms. The van der Waals surface area contributed by atoms with Crippen molar-refractivity contribution in [1.29, 1.82) is 0 Å². The molecule has 2 atom stereocenters. The van der Waals surface area contributed by atoms with Gasteiger partial charge < -0.3 is 0 Å². The number of hydrogen-bond donors (Lipinski definition) is 2. The Bertz CT molecular complexity index is 429. The highest BCUT2D eigenvalue weighted by atomic mass is 79.9. The molecule has 0 aliphatic rings. The van der Waals surface area contributed by atoms with E-state index in [0.717, 1.165) is 29.3 Å². The van der Waals surface area contributed by atoms with Gasteiger partial charge in [0.25, 0.3) is 0 Å². The molecule has 0 amide bonds. The minimum atomic E-state index is -0.223. The summed E-state index contributed by atoms with van der Waals surface area (Å²) >= 11 is 3.41. The molecule has 0 aromatic heterocycles. The number of rotatable bonds is 6. The van der Waals surface area contributed by atoms with Crippen LogP contribution in [0.25, 0.3) is 0 Å². The smallest absolute Gasteiger partial charge is 0.124 e. The second-order valence-electron chi connectivity index (χ2n) is 6.91. The summed E-state index contributed by atoms with van der Waals surface area (Å²) in [6, 6.07) is 5.01. The molecular formula is C16H26BrFN2. The van der Waals surface area contributed by atoms with Crippen LogP contribution in [0.2, 0.25) is 0 Å². The lowest BCUT2D eigenvalue weighted by molar-refractivity contribution is 0.274. The third kappa shape index (κ3) is 6.33. The number of benzene rings is 1. The van der Waals surface area contributed by atoms with Gasteiger partial charge in [-0.15, -0.1) is 0 Å². The van der Waals surface area contributed by atoms with Crippen molar-refractivity contribution in [2.45, 2.75) is 53.0 Å². The van der Waals surface area contributed by atoms with Crippen molar-refractivity contribution >= 4 is 15.9 Å². The molecule has 3 N–H and O–H groups in total. The summed E-state index contributed by atoms with van der Waals surface area (Å²) in [7, 11) is 0. The van der Waals surface area contributed by atoms with Crippen LogP contribution in [0.1, 0.15) is 46.1 Å². The van der Waals surface area contributed by atoms with Gasteiger partial charge in [0.1, 0.15) is 5.82 Å². The van der Waals surface area contributed by atoms with E-state index < -0.39 is 0 Å². The molecule has 0 fully saturated rings. The Morgan fingerprint density at radius 2 is 2.00 bits per heavy atom. The third-order valence-electron chi connectivity index (χ3n) is 3.36. The van der Waals surface area contributed by atoms with Gasteiger partial charge in [-0.3, -0.25) is 11.3 Å². The molecule has 0 aliphatic heterocycles. The van der Waals surface area contributed by atoms with Crippen molar-refractivity contribution in [3.05, 3.63) is 34.1 Å². The fraction of sp³-hybridized carbons (Fsp3) is 0.625.